The molecule has 7 heteroatoms. The predicted octanol–water partition coefficient (Wildman–Crippen LogP) is 4.14. The Morgan fingerprint density at radius 1 is 0.560 bits per heavy atom. The number of hydrogen-bond acceptors (Lipinski definition) is 6. The second-order valence-electron chi connectivity index (χ2n) is 10.5. The van der Waals surface area contributed by atoms with Gasteiger partial charge in [-0.2, -0.15) is 0 Å². The van der Waals surface area contributed by atoms with E-state index in [1.165, 1.54) is 0 Å². The van der Waals surface area contributed by atoms with Gasteiger partial charge in [-0.3, -0.25) is 0 Å². The molecule has 3 rings (SSSR count). The van der Waals surface area contributed by atoms with Crippen LogP contribution in [0.4, 0.5) is 0 Å². The Balaban J connectivity index is 2.29. The van der Waals surface area contributed by atoms with Crippen LogP contribution in [0.1, 0.15) is 81.6 Å². The summed E-state index contributed by atoms with van der Waals surface area (Å²) in [5, 5.41) is 0. The monoisotopic (exact) mass is 375 g/mol. The Morgan fingerprint density at radius 3 is 1.00 bits per heavy atom. The molecule has 3 fully saturated rings. The molecule has 3 aliphatic heterocycles. The van der Waals surface area contributed by atoms with E-state index < -0.39 is 29.7 Å². The van der Waals surface area contributed by atoms with E-state index in [9.17, 15) is 0 Å². The van der Waals surface area contributed by atoms with E-state index in [0.717, 1.165) is 0 Å². The Bertz CT molecular complexity index is 497. The third kappa shape index (κ3) is 3.32. The van der Waals surface area contributed by atoms with E-state index in [-0.39, 0.29) is 18.3 Å². The molecule has 0 amide bonds. The van der Waals surface area contributed by atoms with Gasteiger partial charge in [0.15, 0.2) is 0 Å². The molecule has 0 radical (unpaired) electrons. The molecule has 6 nitrogen and oxygen atoms in total. The summed E-state index contributed by atoms with van der Waals surface area (Å²) >= 11 is -5.99. The molecular weight excluding hydrogens is 339 g/mol. The Hall–Kier alpha value is 0.292. The Kier molecular flexibility index (Phi) is 4.02. The molecule has 3 unspecified atom stereocenters. The molecule has 0 bridgehead atoms. The molecule has 25 heavy (non-hydrogen) atoms. The maximum atomic E-state index is 6.66. The van der Waals surface area contributed by atoms with Crippen LogP contribution in [0.2, 0.25) is 0 Å². The normalized spacial score (nSPS) is 45.7. The molecule has 0 aromatic rings. The molecule has 150 valence electrons. The fraction of sp³-hybridized carbons (Fsp3) is 1.00. The summed E-state index contributed by atoms with van der Waals surface area (Å²) in [5.74, 6) is 0. The van der Waals surface area contributed by atoms with Crippen molar-refractivity contribution in [3.63, 3.8) is 0 Å². The zero-order chi connectivity index (χ0) is 19.0. The van der Waals surface area contributed by atoms with Gasteiger partial charge in [0.1, 0.15) is 0 Å². The standard InChI is InChI=1S/3C6H12O2.Al/c3*1-5(7)4-6(2,3)8;/h3*5H,4H2,1-3H3;/q3*-2;+3. The van der Waals surface area contributed by atoms with Crippen molar-refractivity contribution in [2.24, 2.45) is 0 Å². The van der Waals surface area contributed by atoms with Gasteiger partial charge in [-0.15, -0.1) is 0 Å². The SMILES string of the molecule is CC1CC(C)(C)[O][Al-3]23([O]1)([O]C(C)CC(C)(C)[O]2)[O]C(C)CC(C)(C)[O]3. The molecule has 0 N–H and O–H groups in total. The van der Waals surface area contributed by atoms with Gasteiger partial charge in [-0.1, -0.05) is 0 Å². The van der Waals surface area contributed by atoms with E-state index in [4.69, 9.17) is 22.7 Å². The zero-order valence-corrected chi connectivity index (χ0v) is 18.5. The molecule has 0 aromatic heterocycles. The molecule has 3 atom stereocenters. The summed E-state index contributed by atoms with van der Waals surface area (Å²) in [6.45, 7) is 18.1. The van der Waals surface area contributed by atoms with E-state index in [2.05, 4.69) is 0 Å². The minimum atomic E-state index is -5.99. The van der Waals surface area contributed by atoms with Crippen LogP contribution in [0.15, 0.2) is 0 Å². The summed E-state index contributed by atoms with van der Waals surface area (Å²) in [6, 6.07) is 0. The Labute approximate surface area is 152 Å². The first kappa shape index (κ1) is 20.0. The van der Waals surface area contributed by atoms with Crippen molar-refractivity contribution in [3.8, 4) is 0 Å². The summed E-state index contributed by atoms with van der Waals surface area (Å²) < 4.78 is 39.6. The number of rotatable bonds is 0. The van der Waals surface area contributed by atoms with Gasteiger partial charge >= 0.3 is 152 Å². The van der Waals surface area contributed by atoms with E-state index in [1.54, 1.807) is 0 Å². The summed E-state index contributed by atoms with van der Waals surface area (Å²) in [6.07, 6.45) is 1.58. The molecule has 0 aromatic carbocycles. The van der Waals surface area contributed by atoms with Gasteiger partial charge in [-0.25, -0.2) is 0 Å². The van der Waals surface area contributed by atoms with Gasteiger partial charge in [-0.05, 0) is 0 Å². The van der Waals surface area contributed by atoms with Crippen molar-refractivity contribution in [1.29, 1.82) is 0 Å². The van der Waals surface area contributed by atoms with Gasteiger partial charge in [0.25, 0.3) is 0 Å². The van der Waals surface area contributed by atoms with Crippen LogP contribution in [0.3, 0.4) is 0 Å². The van der Waals surface area contributed by atoms with Crippen LogP contribution in [-0.4, -0.2) is 48.1 Å². The van der Waals surface area contributed by atoms with Crippen LogP contribution in [0.25, 0.3) is 0 Å². The third-order valence-electron chi connectivity index (χ3n) is 5.55. The second kappa shape index (κ2) is 5.01. The fourth-order valence-electron chi connectivity index (χ4n) is 6.16. The van der Waals surface area contributed by atoms with Crippen LogP contribution in [-0.2, 0) is 22.7 Å². The van der Waals surface area contributed by atoms with Crippen molar-refractivity contribution in [2.45, 2.75) is 117 Å². The van der Waals surface area contributed by atoms with E-state index in [1.807, 2.05) is 62.3 Å². The molecule has 0 aliphatic carbocycles. The number of hydrogen-bond donors (Lipinski definition) is 0. The van der Waals surface area contributed by atoms with Gasteiger partial charge < -0.3 is 0 Å². The van der Waals surface area contributed by atoms with Crippen molar-refractivity contribution in [1.82, 2.24) is 0 Å². The first-order valence-electron chi connectivity index (χ1n) is 9.75. The molecular formula is C18H36AlO6-3. The van der Waals surface area contributed by atoms with Gasteiger partial charge in [0.05, 0.1) is 0 Å². The van der Waals surface area contributed by atoms with E-state index in [0.29, 0.717) is 19.3 Å². The summed E-state index contributed by atoms with van der Waals surface area (Å²) in [5.41, 5.74) is -1.68. The van der Waals surface area contributed by atoms with Crippen LogP contribution >= 0.6 is 0 Å². The van der Waals surface area contributed by atoms with E-state index >= 15 is 0 Å². The first-order valence-corrected chi connectivity index (χ1v) is 12.6. The zero-order valence-electron chi connectivity index (χ0n) is 17.4. The van der Waals surface area contributed by atoms with Crippen molar-refractivity contribution >= 4 is 12.9 Å². The van der Waals surface area contributed by atoms with Crippen LogP contribution < -0.4 is 0 Å². The first-order chi connectivity index (χ1) is 11.0. The van der Waals surface area contributed by atoms with Crippen molar-refractivity contribution in [3.05, 3.63) is 0 Å². The quantitative estimate of drug-likeness (QED) is 0.593. The Morgan fingerprint density at radius 2 is 0.800 bits per heavy atom. The van der Waals surface area contributed by atoms with Crippen LogP contribution in [0, 0.1) is 0 Å². The molecule has 3 aliphatic rings. The second-order valence-corrected chi connectivity index (χ2v) is 14.9. The third-order valence-corrected chi connectivity index (χ3v) is 12.0. The summed E-state index contributed by atoms with van der Waals surface area (Å²) in [7, 11) is 0. The fourth-order valence-corrected chi connectivity index (χ4v) is 14.3. The van der Waals surface area contributed by atoms with Gasteiger partial charge in [0.2, 0.25) is 0 Å². The maximum absolute atomic E-state index is 6.66. The predicted molar refractivity (Wildman–Crippen MR) is 96.7 cm³/mol. The topological polar surface area (TPSA) is 55.4 Å². The van der Waals surface area contributed by atoms with Crippen molar-refractivity contribution in [2.75, 3.05) is 0 Å². The molecule has 1 spiro atoms. The average molecular weight is 375 g/mol. The van der Waals surface area contributed by atoms with Crippen molar-refractivity contribution < 1.29 is 22.7 Å². The summed E-state index contributed by atoms with van der Waals surface area (Å²) in [4.78, 5) is 0. The van der Waals surface area contributed by atoms with Crippen LogP contribution in [0.5, 0.6) is 0 Å². The molecule has 3 saturated heterocycles. The molecule has 3 heterocycles. The van der Waals surface area contributed by atoms with Gasteiger partial charge in [0, 0.05) is 0 Å². The molecule has 0 saturated carbocycles. The average Bonchev–Trinajstić information content (AvgIpc) is 2.14. The minimum absolute atomic E-state index is 0.177.